The first kappa shape index (κ1) is 59.1. The highest BCUT2D eigenvalue weighted by atomic mass is 32.3. The summed E-state index contributed by atoms with van der Waals surface area (Å²) >= 11 is 0. The SMILES string of the molecule is O=C(O)C1OC(O[C@H]2[C@H](O)[C@@H](NS(=O)(=O)O)[C@@H](OC3C(C(=O)O)OC(O[C@H]4[C@H](O)[C@@H](NS(=O)(=O)O)[C@@H](O[C@H]5[C@H](O)[C@@H](OS(=O)(=O)O)[C@H](O)O[C@H]5C(=O)O)O[C@@H]4CO)C(O)C3O)O[C@@H]2CO)C(O)C(O)C1O. The van der Waals surface area contributed by atoms with Crippen LogP contribution in [-0.2, 0) is 92.2 Å². The van der Waals surface area contributed by atoms with Crippen LogP contribution >= 0.6 is 0 Å². The maximum absolute atomic E-state index is 12.6. The first-order valence-electron chi connectivity index (χ1n) is 19.8. The molecule has 412 valence electrons. The monoisotopic (exact) mass is 1110 g/mol. The van der Waals surface area contributed by atoms with Crippen molar-refractivity contribution >= 4 is 48.9 Å². The second kappa shape index (κ2) is 23.0. The van der Waals surface area contributed by atoms with E-state index in [2.05, 4.69) is 4.18 Å². The Hall–Kier alpha value is -2.78. The minimum absolute atomic E-state index is 1.29. The standard InChI is InChI=1S/C30H48N2O36S3/c33-1-3-15(62-29-12(40)9(37)10(38)19(66-29)23(43)44)7(35)5(31-69(50,51)52)27(59-3)64-17-11(39)13(41)30(67-22(17)25(47)48)63-16-4(2-34)60-28(6(8(16)36)32-70(53,54)55)65-18-14(42)20(68-71(56,57)58)26(49)61-21(18)24(45)46/h3-22,26-42,49H,1-2H2,(H,43,44)(H,45,46)(H,47,48)(H,50,51,52)(H,53,54,55)(H,56,57,58)/t3-,4-,5-,6-,7-,8-,9?,10?,11?,12?,13?,14+,15-,16-,17?,18+,19?,20-,21-,22?,26-,27-,28-,29?,30?/m1/s1. The first-order chi connectivity index (χ1) is 32.7. The molecule has 5 rings (SSSR count). The summed E-state index contributed by atoms with van der Waals surface area (Å²) in [6, 6.07) is -5.00. The number of aliphatic hydroxyl groups excluding tert-OH is 11. The molecule has 0 bridgehead atoms. The zero-order valence-electron chi connectivity index (χ0n) is 34.9. The Kier molecular flexibility index (Phi) is 19.1. The smallest absolute Gasteiger partial charge is 0.397 e. The Bertz CT molecular complexity index is 2210. The highest BCUT2D eigenvalue weighted by Crippen LogP contribution is 2.36. The fourth-order valence-electron chi connectivity index (χ4n) is 7.82. The quantitative estimate of drug-likeness (QED) is 0.0534. The van der Waals surface area contributed by atoms with E-state index >= 15 is 0 Å². The molecule has 38 nitrogen and oxygen atoms in total. The molecule has 10 unspecified atom stereocenters. The Morgan fingerprint density at radius 3 is 1.17 bits per heavy atom. The lowest BCUT2D eigenvalue weighted by atomic mass is 9.94. The van der Waals surface area contributed by atoms with Gasteiger partial charge in [0.15, 0.2) is 55.9 Å². The van der Waals surface area contributed by atoms with Gasteiger partial charge in [0.1, 0.15) is 97.5 Å². The van der Waals surface area contributed by atoms with Crippen molar-refractivity contribution in [2.75, 3.05) is 13.2 Å². The van der Waals surface area contributed by atoms with E-state index in [1.165, 1.54) is 9.44 Å². The first-order valence-corrected chi connectivity index (χ1v) is 24.0. The fraction of sp³-hybridized carbons (Fsp3) is 0.900. The number of hydrogen-bond donors (Lipinski definition) is 19. The average molecular weight is 1110 g/mol. The molecule has 0 aromatic heterocycles. The topological polar surface area (TPSA) is 614 Å². The molecule has 5 aliphatic heterocycles. The van der Waals surface area contributed by atoms with Crippen LogP contribution in [0.15, 0.2) is 0 Å². The number of aliphatic hydroxyl groups is 11. The van der Waals surface area contributed by atoms with Gasteiger partial charge in [0.25, 0.3) is 0 Å². The number of aliphatic carboxylic acids is 3. The van der Waals surface area contributed by atoms with E-state index in [1.54, 1.807) is 0 Å². The van der Waals surface area contributed by atoms with Crippen molar-refractivity contribution in [2.24, 2.45) is 0 Å². The Morgan fingerprint density at radius 2 is 0.789 bits per heavy atom. The number of carboxylic acids is 3. The third-order valence-electron chi connectivity index (χ3n) is 11.1. The number of carboxylic acid groups (broad SMARTS) is 3. The lowest BCUT2D eigenvalue weighted by molar-refractivity contribution is -0.375. The van der Waals surface area contributed by atoms with Crippen LogP contribution in [0, 0.1) is 0 Å². The molecule has 0 spiro atoms. The van der Waals surface area contributed by atoms with E-state index in [1.807, 2.05) is 0 Å². The van der Waals surface area contributed by atoms with Crippen LogP contribution in [0.1, 0.15) is 0 Å². The zero-order valence-corrected chi connectivity index (χ0v) is 37.4. The molecule has 0 saturated carbocycles. The maximum Gasteiger partial charge on any atom is 0.397 e. The fourth-order valence-corrected chi connectivity index (χ4v) is 9.50. The van der Waals surface area contributed by atoms with Crippen molar-refractivity contribution in [1.29, 1.82) is 0 Å². The number of rotatable bonds is 19. The number of nitrogens with one attached hydrogen (secondary N) is 2. The highest BCUT2D eigenvalue weighted by molar-refractivity contribution is 7.84. The van der Waals surface area contributed by atoms with Crippen molar-refractivity contribution in [2.45, 2.75) is 153 Å². The normalized spacial score (nSPS) is 45.0. The van der Waals surface area contributed by atoms with E-state index in [-0.39, 0.29) is 0 Å². The second-order valence-electron chi connectivity index (χ2n) is 15.8. The van der Waals surface area contributed by atoms with Crippen LogP contribution in [0.25, 0.3) is 0 Å². The van der Waals surface area contributed by atoms with Gasteiger partial charge in [-0.3, -0.25) is 13.7 Å². The average Bonchev–Trinajstić information content (AvgIpc) is 3.25. The third kappa shape index (κ3) is 13.7. The summed E-state index contributed by atoms with van der Waals surface area (Å²) in [6.45, 7) is -2.67. The van der Waals surface area contributed by atoms with Gasteiger partial charge in [-0.05, 0) is 0 Å². The van der Waals surface area contributed by atoms with Gasteiger partial charge in [0.2, 0.25) is 0 Å². The van der Waals surface area contributed by atoms with Crippen molar-refractivity contribution in [3.8, 4) is 0 Å². The number of ether oxygens (including phenoxy) is 9. The Balaban J connectivity index is 1.39. The summed E-state index contributed by atoms with van der Waals surface area (Å²) in [7, 11) is -16.6. The molecule has 41 heteroatoms. The van der Waals surface area contributed by atoms with Gasteiger partial charge in [-0.15, -0.1) is 0 Å². The van der Waals surface area contributed by atoms with Crippen LogP contribution in [0.3, 0.4) is 0 Å². The van der Waals surface area contributed by atoms with Crippen molar-refractivity contribution in [1.82, 2.24) is 9.44 Å². The molecule has 0 aromatic rings. The van der Waals surface area contributed by atoms with Gasteiger partial charge < -0.3 is 114 Å². The van der Waals surface area contributed by atoms with Crippen LogP contribution in [0.5, 0.6) is 0 Å². The van der Waals surface area contributed by atoms with Gasteiger partial charge in [-0.25, -0.2) is 18.6 Å². The summed E-state index contributed by atoms with van der Waals surface area (Å²) in [4.78, 5) is 36.2. The largest absolute Gasteiger partial charge is 0.479 e. The van der Waals surface area contributed by atoms with Gasteiger partial charge in [0.05, 0.1) is 13.2 Å². The van der Waals surface area contributed by atoms with Gasteiger partial charge in [-0.1, -0.05) is 0 Å². The van der Waals surface area contributed by atoms with Crippen LogP contribution in [-0.4, -0.2) is 295 Å². The molecule has 5 fully saturated rings. The predicted octanol–water partition coefficient (Wildman–Crippen LogP) is -13.0. The minimum atomic E-state index is -5.57. The number of hydrogen-bond acceptors (Lipinski definition) is 30. The molecule has 0 aromatic carbocycles. The predicted molar refractivity (Wildman–Crippen MR) is 204 cm³/mol. The maximum atomic E-state index is 12.6. The van der Waals surface area contributed by atoms with Gasteiger partial charge in [0, 0.05) is 0 Å². The molecule has 5 heterocycles. The van der Waals surface area contributed by atoms with Crippen LogP contribution in [0.2, 0.25) is 0 Å². The third-order valence-corrected chi connectivity index (χ3v) is 12.7. The van der Waals surface area contributed by atoms with Gasteiger partial charge in [-0.2, -0.15) is 34.7 Å². The van der Waals surface area contributed by atoms with Crippen molar-refractivity contribution < 1.29 is 172 Å². The molecule has 19 N–H and O–H groups in total. The second-order valence-corrected chi connectivity index (χ2v) is 19.2. The van der Waals surface area contributed by atoms with E-state index < -0.39 is 216 Å². The van der Waals surface area contributed by atoms with E-state index in [0.717, 1.165) is 0 Å². The summed E-state index contributed by atoms with van der Waals surface area (Å²) in [5, 5.41) is 146. The zero-order chi connectivity index (χ0) is 53.6. The molecular formula is C30H48N2O36S3. The lowest BCUT2D eigenvalue weighted by Gasteiger charge is -2.50. The van der Waals surface area contributed by atoms with Crippen LogP contribution in [0.4, 0.5) is 0 Å². The van der Waals surface area contributed by atoms with E-state index in [4.69, 9.17) is 47.2 Å². The Morgan fingerprint density at radius 1 is 0.423 bits per heavy atom. The van der Waals surface area contributed by atoms with Crippen molar-refractivity contribution in [3.63, 3.8) is 0 Å². The number of carbonyl (C=O) groups is 3. The highest BCUT2D eigenvalue weighted by Gasteiger charge is 2.59. The van der Waals surface area contributed by atoms with Crippen LogP contribution < -0.4 is 9.44 Å². The summed E-state index contributed by atoms with van der Waals surface area (Å²) in [5.41, 5.74) is 0. The van der Waals surface area contributed by atoms with E-state index in [0.29, 0.717) is 0 Å². The molecule has 0 radical (unpaired) electrons. The Labute approximate surface area is 395 Å². The van der Waals surface area contributed by atoms with Gasteiger partial charge >= 0.3 is 48.9 Å². The molecule has 5 aliphatic rings. The van der Waals surface area contributed by atoms with E-state index in [9.17, 15) is 120 Å². The molecule has 71 heavy (non-hydrogen) atoms. The molecular weight excluding hydrogens is 1060 g/mol. The molecule has 0 amide bonds. The summed E-state index contributed by atoms with van der Waals surface area (Å²) in [6.07, 6.45) is -56.6. The molecule has 25 atom stereocenters. The molecule has 5 saturated heterocycles. The summed E-state index contributed by atoms with van der Waals surface area (Å²) < 4.78 is 154. The summed E-state index contributed by atoms with van der Waals surface area (Å²) in [5.74, 6) is -6.13. The van der Waals surface area contributed by atoms with Crippen molar-refractivity contribution in [3.05, 3.63) is 0 Å². The molecule has 0 aliphatic carbocycles. The minimum Gasteiger partial charge on any atom is -0.479 e. The lowest BCUT2D eigenvalue weighted by Crippen LogP contribution is -2.71.